The molecule has 0 bridgehead atoms. The highest BCUT2D eigenvalue weighted by atomic mass is 32.2. The van der Waals surface area contributed by atoms with E-state index in [9.17, 15) is 8.42 Å². The standard InChI is InChI=1S/C20H29NO2S/c1-14-5-8-17-11-18(12-19(17)21-14)16-9-6-15(7-10-16)13-24(22,23)20(2,3)4/h5,8,12,15-16H,6-7,9-11,13H2,1-4H3. The van der Waals surface area contributed by atoms with Gasteiger partial charge in [0.05, 0.1) is 16.2 Å². The van der Waals surface area contributed by atoms with Gasteiger partial charge >= 0.3 is 0 Å². The van der Waals surface area contributed by atoms with E-state index in [1.165, 1.54) is 11.1 Å². The normalized spacial score (nSPS) is 24.6. The van der Waals surface area contributed by atoms with Crippen molar-refractivity contribution in [1.82, 2.24) is 4.98 Å². The lowest BCUT2D eigenvalue weighted by Gasteiger charge is -2.31. The van der Waals surface area contributed by atoms with Gasteiger partial charge in [-0.25, -0.2) is 8.42 Å². The molecule has 1 aromatic rings. The first-order valence-corrected chi connectivity index (χ1v) is 10.7. The molecule has 0 atom stereocenters. The second kappa shape index (κ2) is 6.29. The van der Waals surface area contributed by atoms with E-state index in [2.05, 4.69) is 23.2 Å². The summed E-state index contributed by atoms with van der Waals surface area (Å²) in [7, 11) is -3.01. The van der Waals surface area contributed by atoms with Crippen LogP contribution in [0.15, 0.2) is 17.7 Å². The molecule has 4 heteroatoms. The van der Waals surface area contributed by atoms with Crippen molar-refractivity contribution in [2.24, 2.45) is 11.8 Å². The minimum absolute atomic E-state index is 0.329. The number of allylic oxidation sites excluding steroid dienone is 1. The molecule has 0 amide bonds. The molecule has 3 rings (SSSR count). The summed E-state index contributed by atoms with van der Waals surface area (Å²) in [6, 6.07) is 4.28. The number of sulfone groups is 1. The number of fused-ring (bicyclic) bond motifs is 1. The first kappa shape index (κ1) is 17.7. The van der Waals surface area contributed by atoms with Crippen LogP contribution < -0.4 is 0 Å². The van der Waals surface area contributed by atoms with Gasteiger partial charge in [-0.3, -0.25) is 4.98 Å². The molecule has 3 nitrogen and oxygen atoms in total. The summed E-state index contributed by atoms with van der Waals surface area (Å²) in [5.41, 5.74) is 5.05. The van der Waals surface area contributed by atoms with E-state index in [-0.39, 0.29) is 0 Å². The lowest BCUT2D eigenvalue weighted by Crippen LogP contribution is -2.34. The van der Waals surface area contributed by atoms with Crippen LogP contribution in [0.25, 0.3) is 6.08 Å². The van der Waals surface area contributed by atoms with Crippen molar-refractivity contribution in [1.29, 1.82) is 0 Å². The molecule has 1 fully saturated rings. The maximum Gasteiger partial charge on any atom is 0.155 e. The van der Waals surface area contributed by atoms with Crippen molar-refractivity contribution < 1.29 is 8.42 Å². The predicted octanol–water partition coefficient (Wildman–Crippen LogP) is 4.35. The zero-order chi connectivity index (χ0) is 17.5. The molecule has 0 aromatic carbocycles. The van der Waals surface area contributed by atoms with Crippen LogP contribution in [0.1, 0.15) is 63.4 Å². The van der Waals surface area contributed by atoms with Crippen molar-refractivity contribution in [3.8, 4) is 0 Å². The van der Waals surface area contributed by atoms with Gasteiger partial charge in [0.2, 0.25) is 0 Å². The summed E-state index contributed by atoms with van der Waals surface area (Å²) in [5.74, 6) is 1.28. The number of hydrogen-bond acceptors (Lipinski definition) is 3. The molecular weight excluding hydrogens is 318 g/mol. The molecule has 132 valence electrons. The quantitative estimate of drug-likeness (QED) is 0.816. The van der Waals surface area contributed by atoms with Crippen LogP contribution in [0.4, 0.5) is 0 Å². The van der Waals surface area contributed by atoms with Gasteiger partial charge in [-0.2, -0.15) is 0 Å². The maximum atomic E-state index is 12.4. The van der Waals surface area contributed by atoms with Crippen LogP contribution in [0.5, 0.6) is 0 Å². The van der Waals surface area contributed by atoms with Crippen molar-refractivity contribution in [3.05, 3.63) is 34.7 Å². The van der Waals surface area contributed by atoms with Gasteiger partial charge in [0.25, 0.3) is 0 Å². The first-order valence-electron chi connectivity index (χ1n) is 9.05. The zero-order valence-corrected chi connectivity index (χ0v) is 16.1. The van der Waals surface area contributed by atoms with Gasteiger partial charge in [-0.1, -0.05) is 11.6 Å². The zero-order valence-electron chi connectivity index (χ0n) is 15.3. The third-order valence-electron chi connectivity index (χ3n) is 5.63. The van der Waals surface area contributed by atoms with Crippen LogP contribution in [-0.4, -0.2) is 23.9 Å². The lowest BCUT2D eigenvalue weighted by molar-refractivity contribution is 0.319. The largest absolute Gasteiger partial charge is 0.253 e. The molecule has 1 saturated carbocycles. The van der Waals surface area contributed by atoms with Crippen molar-refractivity contribution in [3.63, 3.8) is 0 Å². The number of nitrogens with zero attached hydrogens (tertiary/aromatic N) is 1. The topological polar surface area (TPSA) is 47.0 Å². The monoisotopic (exact) mass is 347 g/mol. The second-order valence-electron chi connectivity index (χ2n) is 8.50. The summed E-state index contributed by atoms with van der Waals surface area (Å²) in [5, 5.41) is 0. The Labute approximate surface area is 146 Å². The van der Waals surface area contributed by atoms with Crippen molar-refractivity contribution >= 4 is 15.9 Å². The molecule has 0 spiro atoms. The Morgan fingerprint density at radius 2 is 1.79 bits per heavy atom. The number of aromatic nitrogens is 1. The molecule has 24 heavy (non-hydrogen) atoms. The van der Waals surface area contributed by atoms with E-state index in [4.69, 9.17) is 0 Å². The fourth-order valence-electron chi connectivity index (χ4n) is 3.85. The Morgan fingerprint density at radius 3 is 2.42 bits per heavy atom. The van der Waals surface area contributed by atoms with E-state index in [0.717, 1.165) is 43.5 Å². The number of rotatable bonds is 3. The summed E-state index contributed by atoms with van der Waals surface area (Å²) < 4.78 is 24.2. The van der Waals surface area contributed by atoms with Crippen LogP contribution >= 0.6 is 0 Å². The van der Waals surface area contributed by atoms with Gasteiger partial charge in [0.1, 0.15) is 0 Å². The third-order valence-corrected chi connectivity index (χ3v) is 8.40. The molecule has 0 unspecified atom stereocenters. The number of pyridine rings is 1. The van der Waals surface area contributed by atoms with E-state index in [0.29, 0.717) is 17.6 Å². The maximum absolute atomic E-state index is 12.4. The Balaban J connectivity index is 1.60. The SMILES string of the molecule is Cc1ccc2c(n1)C=C(C1CCC(CS(=O)(=O)C(C)(C)C)CC1)C2. The average Bonchev–Trinajstić information content (AvgIpc) is 2.89. The second-order valence-corrected chi connectivity index (χ2v) is 11.3. The highest BCUT2D eigenvalue weighted by Gasteiger charge is 2.34. The van der Waals surface area contributed by atoms with Gasteiger partial charge in [-0.15, -0.1) is 0 Å². The highest BCUT2D eigenvalue weighted by molar-refractivity contribution is 7.92. The molecule has 0 N–H and O–H groups in total. The van der Waals surface area contributed by atoms with E-state index in [1.807, 2.05) is 27.7 Å². The van der Waals surface area contributed by atoms with Crippen LogP contribution in [-0.2, 0) is 16.3 Å². The fourth-order valence-corrected chi connectivity index (χ4v) is 5.30. The molecule has 0 aliphatic heterocycles. The van der Waals surface area contributed by atoms with E-state index < -0.39 is 14.6 Å². The van der Waals surface area contributed by atoms with Crippen molar-refractivity contribution in [2.45, 2.75) is 64.5 Å². The Bertz CT molecular complexity index is 748. The Kier molecular flexibility index (Phi) is 4.63. The molecule has 1 heterocycles. The molecule has 1 aromatic heterocycles. The van der Waals surface area contributed by atoms with Crippen LogP contribution in [0.2, 0.25) is 0 Å². The third kappa shape index (κ3) is 3.58. The van der Waals surface area contributed by atoms with E-state index in [1.54, 1.807) is 0 Å². The lowest BCUT2D eigenvalue weighted by atomic mass is 9.78. The van der Waals surface area contributed by atoms with Gasteiger partial charge in [0, 0.05) is 5.69 Å². The highest BCUT2D eigenvalue weighted by Crippen LogP contribution is 2.39. The Hall–Kier alpha value is -1.16. The van der Waals surface area contributed by atoms with Crippen LogP contribution in [0, 0.1) is 18.8 Å². The number of aryl methyl sites for hydroxylation is 1. The fraction of sp³-hybridized carbons (Fsp3) is 0.650. The van der Waals surface area contributed by atoms with Gasteiger partial charge in [-0.05, 0) is 89.3 Å². The first-order chi connectivity index (χ1) is 11.2. The smallest absolute Gasteiger partial charge is 0.155 e. The minimum atomic E-state index is -3.01. The van der Waals surface area contributed by atoms with Crippen LogP contribution in [0.3, 0.4) is 0 Å². The van der Waals surface area contributed by atoms with E-state index >= 15 is 0 Å². The summed E-state index contributed by atoms with van der Waals surface area (Å²) in [6.45, 7) is 7.46. The number of hydrogen-bond donors (Lipinski definition) is 0. The summed E-state index contributed by atoms with van der Waals surface area (Å²) >= 11 is 0. The molecule has 0 radical (unpaired) electrons. The van der Waals surface area contributed by atoms with Crippen molar-refractivity contribution in [2.75, 3.05) is 5.75 Å². The predicted molar refractivity (Wildman–Crippen MR) is 99.6 cm³/mol. The molecule has 2 aliphatic carbocycles. The average molecular weight is 348 g/mol. The summed E-state index contributed by atoms with van der Waals surface area (Å²) in [6.07, 6.45) is 7.59. The molecule has 2 aliphatic rings. The molecule has 0 saturated heterocycles. The Morgan fingerprint density at radius 1 is 1.12 bits per heavy atom. The van der Waals surface area contributed by atoms with Gasteiger partial charge < -0.3 is 0 Å². The summed E-state index contributed by atoms with van der Waals surface area (Å²) in [4.78, 5) is 4.63. The molecular formula is C20H29NO2S. The minimum Gasteiger partial charge on any atom is -0.253 e. The van der Waals surface area contributed by atoms with Gasteiger partial charge in [0.15, 0.2) is 9.84 Å².